The number of hydrogen-bond donors (Lipinski definition) is 1. The topological polar surface area (TPSA) is 69.0 Å². The molecule has 3 rings (SSSR count). The summed E-state index contributed by atoms with van der Waals surface area (Å²) in [6, 6.07) is 16.2. The first kappa shape index (κ1) is 21.0. The van der Waals surface area contributed by atoms with Crippen molar-refractivity contribution >= 4 is 17.7 Å². The molecule has 1 N–H and O–H groups in total. The molecule has 3 aromatic rings. The third kappa shape index (κ3) is 5.65. The van der Waals surface area contributed by atoms with Crippen LogP contribution in [0.4, 0.5) is 4.39 Å². The number of halogens is 1. The van der Waals surface area contributed by atoms with Crippen molar-refractivity contribution in [2.24, 2.45) is 7.05 Å². The van der Waals surface area contributed by atoms with Gasteiger partial charge in [0.15, 0.2) is 11.0 Å². The van der Waals surface area contributed by atoms with E-state index in [2.05, 4.69) is 15.5 Å². The third-order valence-electron chi connectivity index (χ3n) is 4.39. The zero-order valence-corrected chi connectivity index (χ0v) is 17.2. The second-order valence-corrected chi connectivity index (χ2v) is 7.47. The number of carbonyl (C=O) groups is 1. The first-order valence-electron chi connectivity index (χ1n) is 9.16. The van der Waals surface area contributed by atoms with Gasteiger partial charge in [0.1, 0.15) is 12.4 Å². The van der Waals surface area contributed by atoms with E-state index in [-0.39, 0.29) is 24.4 Å². The molecule has 1 heterocycles. The third-order valence-corrected chi connectivity index (χ3v) is 5.46. The Kier molecular flexibility index (Phi) is 7.37. The van der Waals surface area contributed by atoms with E-state index in [1.807, 2.05) is 48.0 Å². The average Bonchev–Trinajstić information content (AvgIpc) is 3.08. The zero-order valence-electron chi connectivity index (χ0n) is 16.3. The molecule has 29 heavy (non-hydrogen) atoms. The number of nitrogens with one attached hydrogen (secondary N) is 1. The maximum Gasteiger partial charge on any atom is 0.246 e. The minimum Gasteiger partial charge on any atom is -0.375 e. The molecule has 0 aliphatic heterocycles. The van der Waals surface area contributed by atoms with Crippen LogP contribution in [0.2, 0.25) is 0 Å². The smallest absolute Gasteiger partial charge is 0.246 e. The molecule has 2 aromatic carbocycles. The molecular formula is C21H23FN4O2S. The van der Waals surface area contributed by atoms with E-state index in [9.17, 15) is 9.18 Å². The molecule has 1 amide bonds. The summed E-state index contributed by atoms with van der Waals surface area (Å²) in [4.78, 5) is 12.1. The van der Waals surface area contributed by atoms with Crippen molar-refractivity contribution in [2.75, 3.05) is 13.7 Å². The molecular weight excluding hydrogens is 391 g/mol. The van der Waals surface area contributed by atoms with Gasteiger partial charge in [-0.1, -0.05) is 60.3 Å². The minimum absolute atomic E-state index is 0.0297. The molecule has 6 nitrogen and oxygen atoms in total. The lowest BCUT2D eigenvalue weighted by Gasteiger charge is -2.18. The first-order chi connectivity index (χ1) is 14.1. The fourth-order valence-corrected chi connectivity index (χ4v) is 3.84. The standard InChI is InChI=1S/C21H23FN4O2S/c1-26-20(24-25-21(26)29-14-16-10-6-7-11-17(16)22)18(23-19(27)13-28-2)12-15-8-4-3-5-9-15/h3-11,18H,12-14H2,1-2H3,(H,23,27)/t18-/m1/s1. The lowest BCUT2D eigenvalue weighted by Crippen LogP contribution is -2.34. The predicted molar refractivity (Wildman–Crippen MR) is 110 cm³/mol. The van der Waals surface area contributed by atoms with E-state index in [4.69, 9.17) is 4.74 Å². The Morgan fingerprint density at radius 3 is 2.62 bits per heavy atom. The van der Waals surface area contributed by atoms with Gasteiger partial charge in [-0.2, -0.15) is 0 Å². The molecule has 0 aliphatic rings. The molecule has 0 unspecified atom stereocenters. The first-order valence-corrected chi connectivity index (χ1v) is 10.1. The molecule has 0 saturated heterocycles. The molecule has 0 saturated carbocycles. The van der Waals surface area contributed by atoms with Gasteiger partial charge in [-0.15, -0.1) is 10.2 Å². The van der Waals surface area contributed by atoms with Crippen molar-refractivity contribution in [3.8, 4) is 0 Å². The Bertz CT molecular complexity index is 949. The zero-order chi connectivity index (χ0) is 20.6. The van der Waals surface area contributed by atoms with Crippen LogP contribution in [0.15, 0.2) is 59.8 Å². The van der Waals surface area contributed by atoms with Gasteiger partial charge in [0, 0.05) is 19.9 Å². The van der Waals surface area contributed by atoms with Crippen LogP contribution in [-0.2, 0) is 28.8 Å². The monoisotopic (exact) mass is 414 g/mol. The van der Waals surface area contributed by atoms with E-state index in [0.29, 0.717) is 28.7 Å². The molecule has 0 fully saturated rings. The van der Waals surface area contributed by atoms with Crippen LogP contribution in [0.5, 0.6) is 0 Å². The van der Waals surface area contributed by atoms with E-state index in [1.165, 1.54) is 24.9 Å². The number of methoxy groups -OCH3 is 1. The molecule has 8 heteroatoms. The van der Waals surface area contributed by atoms with Gasteiger partial charge in [-0.25, -0.2) is 4.39 Å². The molecule has 152 valence electrons. The van der Waals surface area contributed by atoms with E-state index >= 15 is 0 Å². The van der Waals surface area contributed by atoms with Crippen LogP contribution in [0.25, 0.3) is 0 Å². The highest BCUT2D eigenvalue weighted by atomic mass is 32.2. The Morgan fingerprint density at radius 1 is 1.17 bits per heavy atom. The summed E-state index contributed by atoms with van der Waals surface area (Å²) in [5.74, 6) is 0.611. The van der Waals surface area contributed by atoms with Crippen molar-refractivity contribution in [2.45, 2.75) is 23.4 Å². The maximum absolute atomic E-state index is 13.9. The Labute approximate surface area is 173 Å². The SMILES string of the molecule is COCC(=O)N[C@H](Cc1ccccc1)c1nnc(SCc2ccccc2F)n1C. The number of rotatable bonds is 9. The number of benzene rings is 2. The van der Waals surface area contributed by atoms with Gasteiger partial charge < -0.3 is 14.6 Å². The Morgan fingerprint density at radius 2 is 1.90 bits per heavy atom. The van der Waals surface area contributed by atoms with Gasteiger partial charge in [-0.3, -0.25) is 4.79 Å². The fourth-order valence-electron chi connectivity index (χ4n) is 2.94. The highest BCUT2D eigenvalue weighted by Crippen LogP contribution is 2.25. The predicted octanol–water partition coefficient (Wildman–Crippen LogP) is 3.29. The number of amides is 1. The van der Waals surface area contributed by atoms with Crippen LogP contribution in [0, 0.1) is 5.82 Å². The number of aromatic nitrogens is 3. The highest BCUT2D eigenvalue weighted by Gasteiger charge is 2.22. The summed E-state index contributed by atoms with van der Waals surface area (Å²) in [5.41, 5.74) is 1.68. The van der Waals surface area contributed by atoms with Crippen LogP contribution in [-0.4, -0.2) is 34.4 Å². The number of hydrogen-bond acceptors (Lipinski definition) is 5. The van der Waals surface area contributed by atoms with Crippen molar-refractivity contribution < 1.29 is 13.9 Å². The summed E-state index contributed by atoms with van der Waals surface area (Å²) in [5, 5.41) is 12.2. The second-order valence-electron chi connectivity index (χ2n) is 6.52. The Hall–Kier alpha value is -2.71. The van der Waals surface area contributed by atoms with E-state index in [0.717, 1.165) is 5.56 Å². The van der Waals surface area contributed by atoms with Crippen LogP contribution >= 0.6 is 11.8 Å². The van der Waals surface area contributed by atoms with Crippen LogP contribution in [0.1, 0.15) is 23.0 Å². The molecule has 0 spiro atoms. The minimum atomic E-state index is -0.361. The number of nitrogens with zero attached hydrogens (tertiary/aromatic N) is 3. The van der Waals surface area contributed by atoms with Crippen LogP contribution < -0.4 is 5.32 Å². The van der Waals surface area contributed by atoms with Crippen molar-refractivity contribution in [1.29, 1.82) is 0 Å². The second kappa shape index (κ2) is 10.2. The highest BCUT2D eigenvalue weighted by molar-refractivity contribution is 7.98. The number of thioether (sulfide) groups is 1. The lowest BCUT2D eigenvalue weighted by molar-refractivity contribution is -0.125. The van der Waals surface area contributed by atoms with Gasteiger partial charge in [0.2, 0.25) is 5.91 Å². The lowest BCUT2D eigenvalue weighted by atomic mass is 10.1. The van der Waals surface area contributed by atoms with Gasteiger partial charge in [0.25, 0.3) is 0 Å². The summed E-state index contributed by atoms with van der Waals surface area (Å²) in [6.45, 7) is -0.0297. The van der Waals surface area contributed by atoms with E-state index < -0.39 is 0 Å². The molecule has 0 radical (unpaired) electrons. The summed E-state index contributed by atoms with van der Waals surface area (Å²) < 4.78 is 20.6. The van der Waals surface area contributed by atoms with E-state index in [1.54, 1.807) is 12.1 Å². The largest absolute Gasteiger partial charge is 0.375 e. The fraction of sp³-hybridized carbons (Fsp3) is 0.286. The van der Waals surface area contributed by atoms with Gasteiger partial charge >= 0.3 is 0 Å². The average molecular weight is 415 g/mol. The molecule has 0 bridgehead atoms. The van der Waals surface area contributed by atoms with Crippen molar-refractivity contribution in [1.82, 2.24) is 20.1 Å². The van der Waals surface area contributed by atoms with Crippen LogP contribution in [0.3, 0.4) is 0 Å². The van der Waals surface area contributed by atoms with Crippen molar-refractivity contribution in [3.05, 3.63) is 77.4 Å². The van der Waals surface area contributed by atoms with Gasteiger partial charge in [0.05, 0.1) is 6.04 Å². The molecule has 1 atom stereocenters. The number of carbonyl (C=O) groups excluding carboxylic acids is 1. The quantitative estimate of drug-likeness (QED) is 0.544. The van der Waals surface area contributed by atoms with Gasteiger partial charge in [-0.05, 0) is 23.6 Å². The number of ether oxygens (including phenoxy) is 1. The van der Waals surface area contributed by atoms with Crippen molar-refractivity contribution in [3.63, 3.8) is 0 Å². The normalized spacial score (nSPS) is 12.0. The molecule has 0 aliphatic carbocycles. The summed E-state index contributed by atoms with van der Waals surface area (Å²) in [7, 11) is 3.32. The molecule has 1 aromatic heterocycles. The summed E-state index contributed by atoms with van der Waals surface area (Å²) in [6.07, 6.45) is 0.570. The maximum atomic E-state index is 13.9. The Balaban J connectivity index is 1.78. The summed E-state index contributed by atoms with van der Waals surface area (Å²) >= 11 is 1.40.